The van der Waals surface area contributed by atoms with Crippen molar-refractivity contribution in [3.05, 3.63) is 42.0 Å². The summed E-state index contributed by atoms with van der Waals surface area (Å²) >= 11 is 0. The molecule has 0 amide bonds. The zero-order valence-corrected chi connectivity index (χ0v) is 15.1. The molecule has 7 heteroatoms. The van der Waals surface area contributed by atoms with Crippen LogP contribution in [-0.4, -0.2) is 38.5 Å². The molecule has 4 aromatic carbocycles. The Hall–Kier alpha value is -3.74. The summed E-state index contributed by atoms with van der Waals surface area (Å²) < 4.78 is 0. The zero-order chi connectivity index (χ0) is 20.3. The number of phenols is 6. The lowest BCUT2D eigenvalue weighted by Crippen LogP contribution is -2.06. The Kier molecular flexibility index (Phi) is 3.71. The predicted molar refractivity (Wildman–Crippen MR) is 110 cm³/mol. The van der Waals surface area contributed by atoms with Crippen LogP contribution in [0.4, 0.5) is 0 Å². The van der Waals surface area contributed by atoms with E-state index in [1.54, 1.807) is 6.92 Å². The van der Waals surface area contributed by atoms with Gasteiger partial charge < -0.3 is 30.6 Å². The van der Waals surface area contributed by atoms with Gasteiger partial charge in [-0.2, -0.15) is 0 Å². The van der Waals surface area contributed by atoms with Crippen molar-refractivity contribution in [1.82, 2.24) is 0 Å². The maximum atomic E-state index is 11.0. The molecule has 0 saturated heterocycles. The lowest BCUT2D eigenvalue weighted by Gasteiger charge is -2.19. The maximum absolute atomic E-state index is 11.0. The van der Waals surface area contributed by atoms with E-state index in [9.17, 15) is 30.6 Å². The molecule has 6 nitrogen and oxygen atoms in total. The second kappa shape index (κ2) is 5.89. The average Bonchev–Trinajstić information content (AvgIpc) is 2.69. The van der Waals surface area contributed by atoms with E-state index < -0.39 is 34.5 Å². The van der Waals surface area contributed by atoms with Crippen LogP contribution in [0, 0.1) is 6.92 Å². The van der Waals surface area contributed by atoms with Gasteiger partial charge in [0, 0.05) is 10.9 Å². The quantitative estimate of drug-likeness (QED) is 0.172. The van der Waals surface area contributed by atoms with Crippen LogP contribution in [0.1, 0.15) is 5.56 Å². The normalized spacial score (nSPS) is 11.3. The van der Waals surface area contributed by atoms with Gasteiger partial charge in [-0.3, -0.25) is 0 Å². The van der Waals surface area contributed by atoms with E-state index in [4.69, 9.17) is 0 Å². The second-order valence-corrected chi connectivity index (χ2v) is 6.82. The second-order valence-electron chi connectivity index (χ2n) is 6.82. The zero-order valence-electron chi connectivity index (χ0n) is 15.1. The highest BCUT2D eigenvalue weighted by Crippen LogP contribution is 2.55. The summed E-state index contributed by atoms with van der Waals surface area (Å²) in [7, 11) is 1.42. The van der Waals surface area contributed by atoms with Crippen LogP contribution in [0.25, 0.3) is 32.7 Å². The van der Waals surface area contributed by atoms with E-state index in [1.165, 1.54) is 7.85 Å². The molecular weight excluding hydrogens is 359 g/mol. The van der Waals surface area contributed by atoms with Gasteiger partial charge in [0.25, 0.3) is 0 Å². The van der Waals surface area contributed by atoms with Crippen molar-refractivity contribution in [3.63, 3.8) is 0 Å². The molecule has 0 heterocycles. The SMILES string of the molecule is Bc1c(O)c(O)c(O)c2c(O)c(O)c(-c3c(C)ccc4ccccc34)c(O)c12. The van der Waals surface area contributed by atoms with Gasteiger partial charge in [0.1, 0.15) is 13.6 Å². The van der Waals surface area contributed by atoms with Gasteiger partial charge in [-0.1, -0.05) is 36.4 Å². The fourth-order valence-electron chi connectivity index (χ4n) is 3.78. The molecule has 28 heavy (non-hydrogen) atoms. The summed E-state index contributed by atoms with van der Waals surface area (Å²) in [6, 6.07) is 11.1. The van der Waals surface area contributed by atoms with E-state index in [1.807, 2.05) is 36.4 Å². The van der Waals surface area contributed by atoms with Gasteiger partial charge in [-0.25, -0.2) is 0 Å². The molecule has 140 valence electrons. The first kappa shape index (κ1) is 17.7. The minimum absolute atomic E-state index is 0.0214. The minimum Gasteiger partial charge on any atom is -0.507 e. The molecule has 0 spiro atoms. The Morgan fingerprint density at radius 1 is 0.607 bits per heavy atom. The average molecular weight is 376 g/mol. The molecule has 0 aliphatic carbocycles. The maximum Gasteiger partial charge on any atom is 0.200 e. The number of aromatic hydroxyl groups is 6. The molecule has 0 radical (unpaired) electrons. The highest BCUT2D eigenvalue weighted by atomic mass is 16.3. The van der Waals surface area contributed by atoms with Crippen LogP contribution < -0.4 is 5.46 Å². The predicted octanol–water partition coefficient (Wildman–Crippen LogP) is 2.46. The molecule has 4 rings (SSSR count). The van der Waals surface area contributed by atoms with Crippen molar-refractivity contribution in [2.45, 2.75) is 6.92 Å². The molecule has 0 saturated carbocycles. The smallest absolute Gasteiger partial charge is 0.200 e. The molecule has 6 N–H and O–H groups in total. The molecule has 0 unspecified atom stereocenters. The highest BCUT2D eigenvalue weighted by molar-refractivity contribution is 6.43. The molecule has 0 aliphatic heterocycles. The lowest BCUT2D eigenvalue weighted by molar-refractivity contribution is 0.369. The third-order valence-corrected chi connectivity index (χ3v) is 5.22. The summed E-state index contributed by atoms with van der Waals surface area (Å²) in [6.07, 6.45) is 0. The lowest BCUT2D eigenvalue weighted by atomic mass is 9.83. The van der Waals surface area contributed by atoms with Gasteiger partial charge in [-0.15, -0.1) is 0 Å². The van der Waals surface area contributed by atoms with E-state index in [0.29, 0.717) is 5.56 Å². The summed E-state index contributed by atoms with van der Waals surface area (Å²) in [5, 5.41) is 63.7. The van der Waals surface area contributed by atoms with Crippen LogP contribution in [0.3, 0.4) is 0 Å². The Morgan fingerprint density at radius 2 is 1.25 bits per heavy atom. The Morgan fingerprint density at radius 3 is 1.96 bits per heavy atom. The van der Waals surface area contributed by atoms with E-state index in [2.05, 4.69) is 0 Å². The van der Waals surface area contributed by atoms with E-state index >= 15 is 0 Å². The third-order valence-electron chi connectivity index (χ3n) is 5.22. The first-order valence-corrected chi connectivity index (χ1v) is 8.58. The molecule has 0 aliphatic rings. The highest BCUT2D eigenvalue weighted by Gasteiger charge is 2.28. The van der Waals surface area contributed by atoms with Crippen molar-refractivity contribution >= 4 is 34.9 Å². The van der Waals surface area contributed by atoms with Gasteiger partial charge >= 0.3 is 0 Å². The van der Waals surface area contributed by atoms with Gasteiger partial charge in [-0.05, 0) is 28.7 Å². The minimum atomic E-state index is -0.840. The molecule has 4 aromatic rings. The summed E-state index contributed by atoms with van der Waals surface area (Å²) in [4.78, 5) is 0. The number of aryl methyl sites for hydroxylation is 1. The van der Waals surface area contributed by atoms with Crippen LogP contribution in [0.15, 0.2) is 36.4 Å². The van der Waals surface area contributed by atoms with Crippen LogP contribution in [-0.2, 0) is 0 Å². The van der Waals surface area contributed by atoms with Gasteiger partial charge in [0.15, 0.2) is 28.7 Å². The number of phenolic OH excluding ortho intramolecular Hbond substituents is 6. The number of rotatable bonds is 1. The standard InChI is InChI=1S/C21H17BO6/c1-8-6-7-9-4-2-3-5-10(9)11(8)13-16(23)12-14(18(25)17(13)24)19(26)21(28)20(27)15(12)22/h2-7,23-28H,22H2,1H3. The molecule has 0 bridgehead atoms. The summed E-state index contributed by atoms with van der Waals surface area (Å²) in [5.41, 5.74) is 1.29. The monoisotopic (exact) mass is 376 g/mol. The molecule has 0 aromatic heterocycles. The van der Waals surface area contributed by atoms with E-state index in [0.717, 1.165) is 16.3 Å². The van der Waals surface area contributed by atoms with Crippen LogP contribution in [0.2, 0.25) is 0 Å². The number of hydrogen-bond acceptors (Lipinski definition) is 6. The van der Waals surface area contributed by atoms with Crippen LogP contribution >= 0.6 is 0 Å². The summed E-state index contributed by atoms with van der Waals surface area (Å²) in [6.45, 7) is 1.81. The van der Waals surface area contributed by atoms with Crippen molar-refractivity contribution in [2.75, 3.05) is 0 Å². The Balaban J connectivity index is 2.28. The van der Waals surface area contributed by atoms with E-state index in [-0.39, 0.29) is 21.8 Å². The van der Waals surface area contributed by atoms with Crippen molar-refractivity contribution in [1.29, 1.82) is 0 Å². The first-order valence-electron chi connectivity index (χ1n) is 8.58. The molecule has 0 fully saturated rings. The number of fused-ring (bicyclic) bond motifs is 2. The molecular formula is C21H17BO6. The topological polar surface area (TPSA) is 121 Å². The Labute approximate surface area is 160 Å². The number of benzene rings is 4. The van der Waals surface area contributed by atoms with Crippen LogP contribution in [0.5, 0.6) is 34.5 Å². The van der Waals surface area contributed by atoms with Gasteiger partial charge in [0.05, 0.1) is 10.9 Å². The summed E-state index contributed by atoms with van der Waals surface area (Å²) in [5.74, 6) is -4.05. The molecule has 0 atom stereocenters. The van der Waals surface area contributed by atoms with Gasteiger partial charge in [0.2, 0.25) is 0 Å². The van der Waals surface area contributed by atoms with Crippen molar-refractivity contribution in [2.24, 2.45) is 0 Å². The third kappa shape index (κ3) is 2.16. The Bertz CT molecular complexity index is 1300. The largest absolute Gasteiger partial charge is 0.507 e. The van der Waals surface area contributed by atoms with Crippen molar-refractivity contribution in [3.8, 4) is 45.6 Å². The first-order chi connectivity index (χ1) is 13.3. The fourth-order valence-corrected chi connectivity index (χ4v) is 3.78. The van der Waals surface area contributed by atoms with Crippen molar-refractivity contribution < 1.29 is 30.6 Å². The fraction of sp³-hybridized carbons (Fsp3) is 0.0476. The number of hydrogen-bond donors (Lipinski definition) is 6.